The number of benzene rings is 1. The molecule has 1 amide bonds. The van der Waals surface area contributed by atoms with E-state index in [0.29, 0.717) is 6.54 Å². The highest BCUT2D eigenvalue weighted by atomic mass is 16.2. The summed E-state index contributed by atoms with van der Waals surface area (Å²) in [7, 11) is 2.09. The summed E-state index contributed by atoms with van der Waals surface area (Å²) in [5, 5.41) is 0. The van der Waals surface area contributed by atoms with E-state index in [2.05, 4.69) is 30.7 Å². The molecular formula is C16H21N3O. The number of carbonyl (C=O) groups is 1. The monoisotopic (exact) mass is 271 g/mol. The normalized spacial score (nSPS) is 19.4. The highest BCUT2D eigenvalue weighted by Gasteiger charge is 2.26. The number of hydrogen-bond acceptors (Lipinski definition) is 3. The summed E-state index contributed by atoms with van der Waals surface area (Å²) in [6.07, 6.45) is 0. The summed E-state index contributed by atoms with van der Waals surface area (Å²) < 4.78 is 0. The van der Waals surface area contributed by atoms with Crippen LogP contribution in [0.2, 0.25) is 0 Å². The van der Waals surface area contributed by atoms with Gasteiger partial charge in [0.05, 0.1) is 6.54 Å². The van der Waals surface area contributed by atoms with Crippen molar-refractivity contribution in [2.75, 3.05) is 33.2 Å². The van der Waals surface area contributed by atoms with Crippen molar-refractivity contribution < 1.29 is 4.79 Å². The van der Waals surface area contributed by atoms with Crippen LogP contribution < -0.4 is 5.73 Å². The standard InChI is InChI=1S/C16H21N3O/c1-13-12-18(2)10-11-19(13)16(20)15-7-5-14(6-8-15)4-3-9-17/h5-8,13H,9-12,17H2,1-2H3. The summed E-state index contributed by atoms with van der Waals surface area (Å²) in [5.41, 5.74) is 6.95. The first-order chi connectivity index (χ1) is 9.61. The number of carbonyl (C=O) groups excluding carboxylic acids is 1. The minimum atomic E-state index is 0.101. The Morgan fingerprint density at radius 3 is 2.65 bits per heavy atom. The molecule has 1 aromatic rings. The summed E-state index contributed by atoms with van der Waals surface area (Å²) in [5.74, 6) is 5.86. The third-order valence-electron chi connectivity index (χ3n) is 3.56. The maximum atomic E-state index is 12.5. The molecule has 1 fully saturated rings. The number of likely N-dealkylation sites (N-methyl/N-ethyl adjacent to an activating group) is 1. The van der Waals surface area contributed by atoms with Gasteiger partial charge in [0.25, 0.3) is 5.91 Å². The molecule has 0 bridgehead atoms. The average molecular weight is 271 g/mol. The first-order valence-corrected chi connectivity index (χ1v) is 6.90. The van der Waals surface area contributed by atoms with Gasteiger partial charge in [-0.2, -0.15) is 0 Å². The van der Waals surface area contributed by atoms with E-state index in [1.165, 1.54) is 0 Å². The molecule has 1 unspecified atom stereocenters. The molecule has 0 aliphatic carbocycles. The number of nitrogens with zero attached hydrogens (tertiary/aromatic N) is 2. The van der Waals surface area contributed by atoms with Crippen LogP contribution in [0.25, 0.3) is 0 Å². The Bertz CT molecular complexity index is 527. The zero-order valence-electron chi connectivity index (χ0n) is 12.1. The third-order valence-corrected chi connectivity index (χ3v) is 3.56. The smallest absolute Gasteiger partial charge is 0.254 e. The van der Waals surface area contributed by atoms with Crippen LogP contribution in [0.15, 0.2) is 24.3 Å². The summed E-state index contributed by atoms with van der Waals surface area (Å²) in [4.78, 5) is 16.7. The molecule has 4 nitrogen and oxygen atoms in total. The SMILES string of the molecule is CC1CN(C)CCN1C(=O)c1ccc(C#CCN)cc1. The second-order valence-electron chi connectivity index (χ2n) is 5.19. The van der Waals surface area contributed by atoms with E-state index in [9.17, 15) is 4.79 Å². The molecule has 1 aliphatic heterocycles. The quantitative estimate of drug-likeness (QED) is 0.768. The van der Waals surface area contributed by atoms with E-state index in [4.69, 9.17) is 5.73 Å². The molecule has 2 rings (SSSR count). The lowest BCUT2D eigenvalue weighted by atomic mass is 10.1. The van der Waals surface area contributed by atoms with Crippen molar-refractivity contribution in [3.63, 3.8) is 0 Å². The number of rotatable bonds is 1. The van der Waals surface area contributed by atoms with E-state index in [1.54, 1.807) is 0 Å². The molecule has 20 heavy (non-hydrogen) atoms. The number of hydrogen-bond donors (Lipinski definition) is 1. The van der Waals surface area contributed by atoms with Crippen molar-refractivity contribution in [1.82, 2.24) is 9.80 Å². The van der Waals surface area contributed by atoms with E-state index in [1.807, 2.05) is 29.2 Å². The maximum absolute atomic E-state index is 12.5. The van der Waals surface area contributed by atoms with E-state index >= 15 is 0 Å². The molecule has 106 valence electrons. The maximum Gasteiger partial charge on any atom is 0.254 e. The zero-order chi connectivity index (χ0) is 14.5. The molecule has 1 aliphatic rings. The largest absolute Gasteiger partial charge is 0.333 e. The van der Waals surface area contributed by atoms with Crippen molar-refractivity contribution >= 4 is 5.91 Å². The summed E-state index contributed by atoms with van der Waals surface area (Å²) in [6, 6.07) is 7.67. The first kappa shape index (κ1) is 14.6. The Kier molecular flexibility index (Phi) is 4.78. The number of piperazine rings is 1. The first-order valence-electron chi connectivity index (χ1n) is 6.90. The number of amides is 1. The predicted octanol–water partition coefficient (Wildman–Crippen LogP) is 0.773. The molecule has 1 heterocycles. The van der Waals surface area contributed by atoms with Crippen LogP contribution in [0, 0.1) is 11.8 Å². The predicted molar refractivity (Wildman–Crippen MR) is 80.4 cm³/mol. The second-order valence-corrected chi connectivity index (χ2v) is 5.19. The fourth-order valence-electron chi connectivity index (χ4n) is 2.46. The fourth-order valence-corrected chi connectivity index (χ4v) is 2.46. The van der Waals surface area contributed by atoms with Gasteiger partial charge in [0.1, 0.15) is 0 Å². The molecule has 1 saturated heterocycles. The van der Waals surface area contributed by atoms with Gasteiger partial charge in [0.15, 0.2) is 0 Å². The second kappa shape index (κ2) is 6.56. The average Bonchev–Trinajstić information content (AvgIpc) is 2.45. The van der Waals surface area contributed by atoms with Crippen molar-refractivity contribution in [1.29, 1.82) is 0 Å². The van der Waals surface area contributed by atoms with Crippen molar-refractivity contribution in [2.45, 2.75) is 13.0 Å². The lowest BCUT2D eigenvalue weighted by Crippen LogP contribution is -2.52. The van der Waals surface area contributed by atoms with Crippen molar-refractivity contribution in [3.8, 4) is 11.8 Å². The zero-order valence-corrected chi connectivity index (χ0v) is 12.1. The molecular weight excluding hydrogens is 250 g/mol. The van der Waals surface area contributed by atoms with Crippen LogP contribution in [0.4, 0.5) is 0 Å². The van der Waals surface area contributed by atoms with Crippen LogP contribution >= 0.6 is 0 Å². The molecule has 0 aromatic heterocycles. The van der Waals surface area contributed by atoms with Gasteiger partial charge in [0.2, 0.25) is 0 Å². The van der Waals surface area contributed by atoms with Gasteiger partial charge >= 0.3 is 0 Å². The molecule has 1 aromatic carbocycles. The molecule has 1 atom stereocenters. The Labute approximate surface area is 120 Å². The fraction of sp³-hybridized carbons (Fsp3) is 0.438. The van der Waals surface area contributed by atoms with Crippen LogP contribution in [0.3, 0.4) is 0 Å². The molecule has 0 spiro atoms. The van der Waals surface area contributed by atoms with Gasteiger partial charge in [-0.1, -0.05) is 11.8 Å². The van der Waals surface area contributed by atoms with Crippen molar-refractivity contribution in [3.05, 3.63) is 35.4 Å². The Morgan fingerprint density at radius 1 is 1.35 bits per heavy atom. The summed E-state index contributed by atoms with van der Waals surface area (Å²) >= 11 is 0. The molecule has 4 heteroatoms. The van der Waals surface area contributed by atoms with Gasteiger partial charge in [-0.3, -0.25) is 4.79 Å². The van der Waals surface area contributed by atoms with Gasteiger partial charge in [-0.25, -0.2) is 0 Å². The van der Waals surface area contributed by atoms with Gasteiger partial charge in [-0.15, -0.1) is 0 Å². The molecule has 2 N–H and O–H groups in total. The van der Waals surface area contributed by atoms with Gasteiger partial charge in [0, 0.05) is 36.8 Å². The molecule has 0 radical (unpaired) electrons. The third kappa shape index (κ3) is 3.38. The van der Waals surface area contributed by atoms with Crippen LogP contribution in [0.1, 0.15) is 22.8 Å². The lowest BCUT2D eigenvalue weighted by Gasteiger charge is -2.38. The van der Waals surface area contributed by atoms with E-state index in [0.717, 1.165) is 30.8 Å². The lowest BCUT2D eigenvalue weighted by molar-refractivity contribution is 0.0533. The minimum Gasteiger partial charge on any atom is -0.333 e. The highest BCUT2D eigenvalue weighted by molar-refractivity contribution is 5.94. The van der Waals surface area contributed by atoms with Gasteiger partial charge < -0.3 is 15.5 Å². The molecule has 0 saturated carbocycles. The number of nitrogens with two attached hydrogens (primary N) is 1. The topological polar surface area (TPSA) is 49.6 Å². The van der Waals surface area contributed by atoms with Crippen LogP contribution in [-0.2, 0) is 0 Å². The minimum absolute atomic E-state index is 0.101. The van der Waals surface area contributed by atoms with Crippen LogP contribution in [0.5, 0.6) is 0 Å². The van der Waals surface area contributed by atoms with Crippen molar-refractivity contribution in [2.24, 2.45) is 5.73 Å². The van der Waals surface area contributed by atoms with Gasteiger partial charge in [-0.05, 0) is 38.2 Å². The Morgan fingerprint density at radius 2 is 2.05 bits per heavy atom. The Hall–Kier alpha value is -1.83. The van der Waals surface area contributed by atoms with E-state index < -0.39 is 0 Å². The van der Waals surface area contributed by atoms with E-state index in [-0.39, 0.29) is 11.9 Å². The Balaban J connectivity index is 2.09. The summed E-state index contributed by atoms with van der Waals surface area (Å²) in [6.45, 7) is 5.07. The highest BCUT2D eigenvalue weighted by Crippen LogP contribution is 2.13. The van der Waals surface area contributed by atoms with Crippen LogP contribution in [-0.4, -0.2) is 55.0 Å².